The number of hydrogen-bond acceptors (Lipinski definition) is 4. The smallest absolute Gasteiger partial charge is 0.320 e. The summed E-state index contributed by atoms with van der Waals surface area (Å²) in [5.74, 6) is -0.000478. The quantitative estimate of drug-likeness (QED) is 0.296. The summed E-state index contributed by atoms with van der Waals surface area (Å²) in [6.07, 6.45) is 0.248. The number of aliphatic imine (C=N–C) groups is 1. The van der Waals surface area contributed by atoms with Gasteiger partial charge in [-0.3, -0.25) is 9.79 Å². The molecule has 0 fully saturated rings. The molecule has 0 bridgehead atoms. The molecule has 1 aromatic carbocycles. The molecule has 0 saturated heterocycles. The van der Waals surface area contributed by atoms with E-state index >= 15 is 0 Å². The summed E-state index contributed by atoms with van der Waals surface area (Å²) in [5.41, 5.74) is 10.9. The number of nitrogens with zero attached hydrogens (tertiary/aromatic N) is 1. The molecule has 0 aromatic heterocycles. The lowest BCUT2D eigenvalue weighted by Crippen LogP contribution is -2.35. The van der Waals surface area contributed by atoms with Gasteiger partial charge in [-0.15, -0.1) is 0 Å². The first kappa shape index (κ1) is 15.8. The van der Waals surface area contributed by atoms with Crippen molar-refractivity contribution in [3.05, 3.63) is 30.3 Å². The molecule has 0 aliphatic heterocycles. The van der Waals surface area contributed by atoms with Crippen LogP contribution in [0.3, 0.4) is 0 Å². The van der Waals surface area contributed by atoms with Gasteiger partial charge in [-0.05, 0) is 18.6 Å². The number of carboxylic acids is 1. The standard InChI is InChI=1S/C13H20N4O3/c14-11(12(18)19)6-7-16-13(15)17-8-9-20-10-4-2-1-3-5-10/h1-5,11H,6-9,14H2,(H,18,19)(H3,15,16,17). The van der Waals surface area contributed by atoms with Crippen LogP contribution in [0.15, 0.2) is 35.3 Å². The van der Waals surface area contributed by atoms with Crippen LogP contribution in [0.5, 0.6) is 5.75 Å². The van der Waals surface area contributed by atoms with E-state index < -0.39 is 12.0 Å². The fraction of sp³-hybridized carbons (Fsp3) is 0.385. The first-order valence-electron chi connectivity index (χ1n) is 6.29. The van der Waals surface area contributed by atoms with Crippen molar-refractivity contribution in [2.24, 2.45) is 16.5 Å². The van der Waals surface area contributed by atoms with Crippen molar-refractivity contribution in [3.8, 4) is 5.75 Å². The summed E-state index contributed by atoms with van der Waals surface area (Å²) in [6.45, 7) is 1.23. The van der Waals surface area contributed by atoms with Crippen LogP contribution in [0.1, 0.15) is 6.42 Å². The van der Waals surface area contributed by atoms with Crippen LogP contribution < -0.4 is 21.5 Å². The van der Waals surface area contributed by atoms with Crippen molar-refractivity contribution in [1.29, 1.82) is 0 Å². The van der Waals surface area contributed by atoms with E-state index in [0.717, 1.165) is 5.75 Å². The van der Waals surface area contributed by atoms with Gasteiger partial charge in [0, 0.05) is 6.54 Å². The molecule has 0 heterocycles. The van der Waals surface area contributed by atoms with Crippen molar-refractivity contribution in [2.75, 3.05) is 19.7 Å². The van der Waals surface area contributed by atoms with Gasteiger partial charge in [0.15, 0.2) is 5.96 Å². The number of rotatable bonds is 8. The Morgan fingerprint density at radius 2 is 2.10 bits per heavy atom. The van der Waals surface area contributed by atoms with Crippen molar-refractivity contribution in [2.45, 2.75) is 12.5 Å². The first-order valence-corrected chi connectivity index (χ1v) is 6.29. The monoisotopic (exact) mass is 280 g/mol. The molecule has 1 aromatic rings. The van der Waals surface area contributed by atoms with Gasteiger partial charge in [-0.25, -0.2) is 0 Å². The highest BCUT2D eigenvalue weighted by Gasteiger charge is 2.09. The first-order chi connectivity index (χ1) is 9.59. The number of carboxylic acid groups (broad SMARTS) is 1. The molecule has 0 aliphatic rings. The molecule has 7 nitrogen and oxygen atoms in total. The Balaban J connectivity index is 2.13. The maximum atomic E-state index is 10.5. The van der Waals surface area contributed by atoms with Gasteiger partial charge in [0.1, 0.15) is 18.4 Å². The molecule has 0 saturated carbocycles. The predicted octanol–water partition coefficient (Wildman–Crippen LogP) is -0.228. The molecule has 6 N–H and O–H groups in total. The lowest BCUT2D eigenvalue weighted by atomic mass is 10.2. The number of nitrogens with one attached hydrogen (secondary N) is 1. The molecule has 0 aliphatic carbocycles. The number of benzene rings is 1. The predicted molar refractivity (Wildman–Crippen MR) is 76.7 cm³/mol. The highest BCUT2D eigenvalue weighted by Crippen LogP contribution is 2.07. The van der Waals surface area contributed by atoms with Gasteiger partial charge in [0.05, 0.1) is 6.54 Å². The lowest BCUT2D eigenvalue weighted by molar-refractivity contribution is -0.138. The molecular weight excluding hydrogens is 260 g/mol. The zero-order valence-corrected chi connectivity index (χ0v) is 11.2. The van der Waals surface area contributed by atoms with Crippen molar-refractivity contribution in [3.63, 3.8) is 0 Å². The van der Waals surface area contributed by atoms with Crippen molar-refractivity contribution < 1.29 is 14.6 Å². The number of para-hydroxylation sites is 1. The van der Waals surface area contributed by atoms with E-state index in [4.69, 9.17) is 21.3 Å². The van der Waals surface area contributed by atoms with Gasteiger partial charge < -0.3 is 26.6 Å². The van der Waals surface area contributed by atoms with E-state index in [9.17, 15) is 4.79 Å². The van der Waals surface area contributed by atoms with E-state index in [0.29, 0.717) is 13.2 Å². The second-order valence-corrected chi connectivity index (χ2v) is 4.09. The van der Waals surface area contributed by atoms with Gasteiger partial charge in [-0.2, -0.15) is 0 Å². The normalized spacial score (nSPS) is 12.8. The zero-order chi connectivity index (χ0) is 14.8. The third-order valence-corrected chi connectivity index (χ3v) is 2.46. The van der Waals surface area contributed by atoms with Gasteiger partial charge >= 0.3 is 5.97 Å². The molecule has 7 heteroatoms. The SMILES string of the molecule is NC(=NCCC(N)C(=O)O)NCCOc1ccccc1. The van der Waals surface area contributed by atoms with E-state index in [1.54, 1.807) is 0 Å². The third kappa shape index (κ3) is 6.60. The van der Waals surface area contributed by atoms with E-state index in [1.165, 1.54) is 0 Å². The highest BCUT2D eigenvalue weighted by molar-refractivity contribution is 5.78. The number of aliphatic carboxylic acids is 1. The van der Waals surface area contributed by atoms with E-state index in [1.807, 2.05) is 30.3 Å². The minimum atomic E-state index is -1.04. The average Bonchev–Trinajstić information content (AvgIpc) is 2.44. The maximum Gasteiger partial charge on any atom is 0.320 e. The summed E-state index contributed by atoms with van der Waals surface area (Å²) < 4.78 is 5.46. The molecule has 0 spiro atoms. The molecule has 0 radical (unpaired) electrons. The second kappa shape index (κ2) is 8.76. The van der Waals surface area contributed by atoms with Crippen LogP contribution in [-0.2, 0) is 4.79 Å². The number of nitrogens with two attached hydrogens (primary N) is 2. The van der Waals surface area contributed by atoms with Crippen LogP contribution >= 0.6 is 0 Å². The summed E-state index contributed by atoms with van der Waals surface area (Å²) in [6, 6.07) is 8.52. The molecule has 1 atom stereocenters. The Labute approximate surface area is 117 Å². The van der Waals surface area contributed by atoms with Crippen molar-refractivity contribution >= 4 is 11.9 Å². The van der Waals surface area contributed by atoms with Crippen LogP contribution in [0, 0.1) is 0 Å². The summed E-state index contributed by atoms with van der Waals surface area (Å²) in [4.78, 5) is 14.5. The second-order valence-electron chi connectivity index (χ2n) is 4.09. The number of carbonyl (C=O) groups is 1. The molecule has 1 unspecified atom stereocenters. The minimum absolute atomic E-state index is 0.248. The van der Waals surface area contributed by atoms with Gasteiger partial charge in [0.2, 0.25) is 0 Å². The van der Waals surface area contributed by atoms with Crippen LogP contribution in [0.4, 0.5) is 0 Å². The Hall–Kier alpha value is -2.28. The topological polar surface area (TPSA) is 123 Å². The van der Waals surface area contributed by atoms with E-state index in [2.05, 4.69) is 10.3 Å². The highest BCUT2D eigenvalue weighted by atomic mass is 16.5. The zero-order valence-electron chi connectivity index (χ0n) is 11.2. The van der Waals surface area contributed by atoms with Crippen LogP contribution in [0.25, 0.3) is 0 Å². The van der Waals surface area contributed by atoms with E-state index in [-0.39, 0.29) is 18.9 Å². The molecule has 1 rings (SSSR count). The fourth-order valence-electron chi connectivity index (χ4n) is 1.37. The Kier molecular flexibility index (Phi) is 6.91. The minimum Gasteiger partial charge on any atom is -0.492 e. The summed E-state index contributed by atoms with van der Waals surface area (Å²) in [7, 11) is 0. The third-order valence-electron chi connectivity index (χ3n) is 2.46. The summed E-state index contributed by atoms with van der Waals surface area (Å²) in [5, 5.41) is 11.5. The average molecular weight is 280 g/mol. The van der Waals surface area contributed by atoms with Crippen molar-refractivity contribution in [1.82, 2.24) is 5.32 Å². The van der Waals surface area contributed by atoms with Gasteiger partial charge in [-0.1, -0.05) is 18.2 Å². The lowest BCUT2D eigenvalue weighted by Gasteiger charge is -2.08. The largest absolute Gasteiger partial charge is 0.492 e. The Morgan fingerprint density at radius 3 is 2.75 bits per heavy atom. The molecule has 20 heavy (non-hydrogen) atoms. The maximum absolute atomic E-state index is 10.5. The molecular formula is C13H20N4O3. The van der Waals surface area contributed by atoms with Gasteiger partial charge in [0.25, 0.3) is 0 Å². The Bertz CT molecular complexity index is 437. The fourth-order valence-corrected chi connectivity index (χ4v) is 1.37. The summed E-state index contributed by atoms with van der Waals surface area (Å²) >= 11 is 0. The van der Waals surface area contributed by atoms with Crippen LogP contribution in [-0.4, -0.2) is 42.8 Å². The van der Waals surface area contributed by atoms with Crippen LogP contribution in [0.2, 0.25) is 0 Å². The number of hydrogen-bond donors (Lipinski definition) is 4. The Morgan fingerprint density at radius 1 is 1.40 bits per heavy atom. The molecule has 110 valence electrons. The number of ether oxygens (including phenoxy) is 1. The number of guanidine groups is 1. The molecule has 0 amide bonds.